The summed E-state index contributed by atoms with van der Waals surface area (Å²) in [5, 5.41) is 2.90. The number of halogens is 1. The molecule has 0 aromatic heterocycles. The van der Waals surface area contributed by atoms with E-state index in [1.54, 1.807) is 24.3 Å². The van der Waals surface area contributed by atoms with Crippen molar-refractivity contribution in [3.05, 3.63) is 57.2 Å². The lowest BCUT2D eigenvalue weighted by atomic mass is 10.1. The zero-order chi connectivity index (χ0) is 17.7. The molecule has 0 unspecified atom stereocenters. The Bertz CT molecular complexity index is 833. The van der Waals surface area contributed by atoms with Crippen LogP contribution in [0, 0.1) is 10.5 Å². The van der Waals surface area contributed by atoms with E-state index in [1.165, 1.54) is 7.05 Å². The molecule has 5 nitrogen and oxygen atoms in total. The highest BCUT2D eigenvalue weighted by atomic mass is 127. The highest BCUT2D eigenvalue weighted by Gasteiger charge is 2.11. The normalized spacial score (nSPS) is 11.3. The Morgan fingerprint density at radius 2 is 1.79 bits per heavy atom. The molecule has 24 heavy (non-hydrogen) atoms. The van der Waals surface area contributed by atoms with Gasteiger partial charge >= 0.3 is 0 Å². The molecule has 0 radical (unpaired) electrons. The molecule has 2 rings (SSSR count). The second-order valence-corrected chi connectivity index (χ2v) is 8.49. The van der Waals surface area contributed by atoms with E-state index in [1.807, 2.05) is 25.1 Å². The van der Waals surface area contributed by atoms with Crippen LogP contribution in [-0.2, 0) is 21.2 Å². The van der Waals surface area contributed by atoms with Gasteiger partial charge in [-0.2, -0.15) is 0 Å². The molecule has 2 aromatic rings. The third-order valence-corrected chi connectivity index (χ3v) is 5.71. The summed E-state index contributed by atoms with van der Waals surface area (Å²) in [7, 11) is -2.05. The number of carbonyl (C=O) groups is 1. The van der Waals surface area contributed by atoms with Crippen molar-refractivity contribution in [3.63, 3.8) is 0 Å². The summed E-state index contributed by atoms with van der Waals surface area (Å²) in [6.45, 7) is 1.96. The van der Waals surface area contributed by atoms with Gasteiger partial charge in [0.2, 0.25) is 15.9 Å². The second kappa shape index (κ2) is 8.09. The largest absolute Gasteiger partial charge is 0.326 e. The Kier molecular flexibility index (Phi) is 6.36. The van der Waals surface area contributed by atoms with Crippen molar-refractivity contribution in [3.8, 4) is 0 Å². The molecule has 0 aliphatic rings. The lowest BCUT2D eigenvalue weighted by molar-refractivity contribution is -0.116. The van der Waals surface area contributed by atoms with Crippen molar-refractivity contribution in [2.75, 3.05) is 12.4 Å². The van der Waals surface area contributed by atoms with Crippen LogP contribution in [-0.4, -0.2) is 21.4 Å². The van der Waals surface area contributed by atoms with Crippen LogP contribution in [0.4, 0.5) is 5.69 Å². The van der Waals surface area contributed by atoms with Gasteiger partial charge in [0.25, 0.3) is 0 Å². The Balaban J connectivity index is 1.94. The average Bonchev–Trinajstić information content (AvgIpc) is 2.56. The van der Waals surface area contributed by atoms with E-state index >= 15 is 0 Å². The summed E-state index contributed by atoms with van der Waals surface area (Å²) in [6, 6.07) is 12.4. The first-order valence-electron chi connectivity index (χ1n) is 7.40. The molecule has 0 saturated heterocycles. The molecule has 0 heterocycles. The number of aryl methyl sites for hydroxylation is 2. The predicted octanol–water partition coefficient (Wildman–Crippen LogP) is 3.08. The fourth-order valence-electron chi connectivity index (χ4n) is 2.19. The number of rotatable bonds is 6. The maximum Gasteiger partial charge on any atom is 0.240 e. The zero-order valence-electron chi connectivity index (χ0n) is 13.5. The standard InChI is InChI=1S/C17H19IN2O3S/c1-12-11-14(18)6-9-16(12)20-17(21)10-5-13-3-7-15(8-4-13)24(22,23)19-2/h3-4,6-9,11,19H,5,10H2,1-2H3,(H,20,21). The quantitative estimate of drug-likeness (QED) is 0.654. The minimum absolute atomic E-state index is 0.0637. The third kappa shape index (κ3) is 5.02. The molecule has 0 spiro atoms. The maximum absolute atomic E-state index is 12.1. The fraction of sp³-hybridized carbons (Fsp3) is 0.235. The summed E-state index contributed by atoms with van der Waals surface area (Å²) in [5.41, 5.74) is 2.76. The highest BCUT2D eigenvalue weighted by molar-refractivity contribution is 14.1. The molecule has 128 valence electrons. The zero-order valence-corrected chi connectivity index (χ0v) is 16.4. The Morgan fingerprint density at radius 1 is 1.12 bits per heavy atom. The van der Waals surface area contributed by atoms with Crippen molar-refractivity contribution in [2.24, 2.45) is 0 Å². The van der Waals surface area contributed by atoms with Crippen LogP contribution in [0.5, 0.6) is 0 Å². The third-order valence-electron chi connectivity index (χ3n) is 3.61. The molecule has 7 heteroatoms. The van der Waals surface area contributed by atoms with Crippen molar-refractivity contribution < 1.29 is 13.2 Å². The molecule has 0 bridgehead atoms. The summed E-state index contributed by atoms with van der Waals surface area (Å²) in [6.07, 6.45) is 0.888. The number of hydrogen-bond acceptors (Lipinski definition) is 3. The number of hydrogen-bond donors (Lipinski definition) is 2. The number of nitrogens with one attached hydrogen (secondary N) is 2. The van der Waals surface area contributed by atoms with Gasteiger partial charge in [0.15, 0.2) is 0 Å². The second-order valence-electron chi connectivity index (χ2n) is 5.36. The van der Waals surface area contributed by atoms with Crippen LogP contribution in [0.1, 0.15) is 17.5 Å². The van der Waals surface area contributed by atoms with E-state index in [4.69, 9.17) is 0 Å². The van der Waals surface area contributed by atoms with E-state index in [0.29, 0.717) is 12.8 Å². The van der Waals surface area contributed by atoms with Crippen molar-refractivity contribution in [1.82, 2.24) is 4.72 Å². The van der Waals surface area contributed by atoms with Gasteiger partial charge in [-0.1, -0.05) is 12.1 Å². The summed E-state index contributed by atoms with van der Waals surface area (Å²) >= 11 is 2.23. The van der Waals surface area contributed by atoms with E-state index in [0.717, 1.165) is 20.4 Å². The van der Waals surface area contributed by atoms with Gasteiger partial charge in [-0.15, -0.1) is 0 Å². The first-order chi connectivity index (χ1) is 11.3. The van der Waals surface area contributed by atoms with Crippen LogP contribution < -0.4 is 10.0 Å². The fourth-order valence-corrected chi connectivity index (χ4v) is 3.57. The van der Waals surface area contributed by atoms with E-state index in [9.17, 15) is 13.2 Å². The van der Waals surface area contributed by atoms with Gasteiger partial charge < -0.3 is 5.32 Å². The monoisotopic (exact) mass is 458 g/mol. The van der Waals surface area contributed by atoms with Crippen LogP contribution in [0.25, 0.3) is 0 Å². The van der Waals surface area contributed by atoms with Gasteiger partial charge in [0.05, 0.1) is 4.90 Å². The van der Waals surface area contributed by atoms with E-state index in [2.05, 4.69) is 32.6 Å². The molecule has 0 saturated carbocycles. The Hall–Kier alpha value is -1.45. The number of sulfonamides is 1. The number of benzene rings is 2. The van der Waals surface area contributed by atoms with Crippen LogP contribution in [0.2, 0.25) is 0 Å². The molecular weight excluding hydrogens is 439 g/mol. The lowest BCUT2D eigenvalue weighted by Gasteiger charge is -2.09. The highest BCUT2D eigenvalue weighted by Crippen LogP contribution is 2.18. The van der Waals surface area contributed by atoms with Gasteiger partial charge in [-0.05, 0) is 84.4 Å². The average molecular weight is 458 g/mol. The summed E-state index contributed by atoms with van der Waals surface area (Å²) in [5.74, 6) is -0.0637. The van der Waals surface area contributed by atoms with Gasteiger partial charge in [0, 0.05) is 15.7 Å². The first kappa shape index (κ1) is 18.9. The minimum atomic E-state index is -3.43. The minimum Gasteiger partial charge on any atom is -0.326 e. The molecule has 0 atom stereocenters. The summed E-state index contributed by atoms with van der Waals surface area (Å²) < 4.78 is 26.7. The molecule has 0 fully saturated rings. The Morgan fingerprint density at radius 3 is 2.38 bits per heavy atom. The molecular formula is C17H19IN2O3S. The predicted molar refractivity (Wildman–Crippen MR) is 104 cm³/mol. The smallest absolute Gasteiger partial charge is 0.240 e. The molecule has 0 aliphatic carbocycles. The number of anilines is 1. The number of amides is 1. The summed E-state index contributed by atoms with van der Waals surface area (Å²) in [4.78, 5) is 12.3. The molecule has 2 aromatic carbocycles. The molecule has 2 N–H and O–H groups in total. The van der Waals surface area contributed by atoms with Gasteiger partial charge in [-0.3, -0.25) is 4.79 Å². The van der Waals surface area contributed by atoms with Crippen LogP contribution >= 0.6 is 22.6 Å². The van der Waals surface area contributed by atoms with Crippen molar-refractivity contribution in [2.45, 2.75) is 24.7 Å². The SMILES string of the molecule is CNS(=O)(=O)c1ccc(CCC(=O)Nc2ccc(I)cc2C)cc1. The lowest BCUT2D eigenvalue weighted by Crippen LogP contribution is -2.18. The van der Waals surface area contributed by atoms with Crippen LogP contribution in [0.3, 0.4) is 0 Å². The topological polar surface area (TPSA) is 75.3 Å². The first-order valence-corrected chi connectivity index (χ1v) is 9.96. The molecule has 0 aliphatic heterocycles. The number of carbonyl (C=O) groups excluding carboxylic acids is 1. The van der Waals surface area contributed by atoms with Gasteiger partial charge in [-0.25, -0.2) is 13.1 Å². The van der Waals surface area contributed by atoms with Gasteiger partial charge in [0.1, 0.15) is 0 Å². The van der Waals surface area contributed by atoms with Crippen molar-refractivity contribution in [1.29, 1.82) is 0 Å². The maximum atomic E-state index is 12.1. The van der Waals surface area contributed by atoms with Crippen LogP contribution in [0.15, 0.2) is 47.4 Å². The van der Waals surface area contributed by atoms with E-state index in [-0.39, 0.29) is 10.8 Å². The Labute approximate surface area is 156 Å². The van der Waals surface area contributed by atoms with E-state index < -0.39 is 10.0 Å². The molecule has 1 amide bonds. The van der Waals surface area contributed by atoms with Crippen molar-refractivity contribution >= 4 is 44.2 Å².